The number of phenolic OH excluding ortho intramolecular Hbond substituents is 1. The molecule has 34 heavy (non-hydrogen) atoms. The molecule has 2 aromatic rings. The molecule has 8 heteroatoms. The number of thioether (sulfide) groups is 1. The van der Waals surface area contributed by atoms with Gasteiger partial charge in [-0.1, -0.05) is 59.7 Å². The molecule has 4 N–H and O–H groups in total. The van der Waals surface area contributed by atoms with Crippen molar-refractivity contribution in [3.8, 4) is 5.75 Å². The average Bonchev–Trinajstić information content (AvgIpc) is 2.67. The third-order valence-electron chi connectivity index (χ3n) is 5.58. The first-order valence-electron chi connectivity index (χ1n) is 11.4. The summed E-state index contributed by atoms with van der Waals surface area (Å²) < 4.78 is 23.1. The van der Waals surface area contributed by atoms with Gasteiger partial charge in [0.2, 0.25) is 15.9 Å². The Balaban J connectivity index is 1.96. The number of sulfonamides is 1. The Morgan fingerprint density at radius 1 is 1.03 bits per heavy atom. The summed E-state index contributed by atoms with van der Waals surface area (Å²) in [5.74, 6) is 1.28. The number of aromatic hydroxyl groups is 1. The van der Waals surface area contributed by atoms with E-state index in [1.54, 1.807) is 13.0 Å². The molecule has 188 valence electrons. The summed E-state index contributed by atoms with van der Waals surface area (Å²) in [7, 11) is -3.83. The highest BCUT2D eigenvalue weighted by molar-refractivity contribution is 7.99. The first-order valence-corrected chi connectivity index (χ1v) is 14.1. The molecular formula is C26H38N2O4S2. The van der Waals surface area contributed by atoms with E-state index in [0.29, 0.717) is 11.4 Å². The van der Waals surface area contributed by atoms with Crippen molar-refractivity contribution in [3.05, 3.63) is 52.6 Å². The summed E-state index contributed by atoms with van der Waals surface area (Å²) in [6.07, 6.45) is 1.76. The van der Waals surface area contributed by atoms with Gasteiger partial charge in [-0.25, -0.2) is 13.6 Å². The standard InChI is InChI=1S/C26H38N2O4S2/c1-17-10-11-19(34(27,31)32)15-22(17)28-23(29)16-33-12-8-9-18-13-20(25(2,3)4)24(30)21(14-18)26(5,6)7/h10-11,13-15,30H,8-9,12,16H2,1-7H3,(H,28,29)(H2,27,31,32). The van der Waals surface area contributed by atoms with Gasteiger partial charge in [0.25, 0.3) is 0 Å². The zero-order valence-corrected chi connectivity index (χ0v) is 22.9. The first kappa shape index (κ1) is 28.2. The molecule has 2 rings (SSSR count). The zero-order valence-electron chi connectivity index (χ0n) is 21.3. The normalized spacial score (nSPS) is 12.6. The minimum atomic E-state index is -3.83. The van der Waals surface area contributed by atoms with Crippen LogP contribution in [0.3, 0.4) is 0 Å². The molecule has 0 bridgehead atoms. The fourth-order valence-electron chi connectivity index (χ4n) is 3.62. The average molecular weight is 507 g/mol. The second-order valence-corrected chi connectivity index (χ2v) is 13.4. The quantitative estimate of drug-likeness (QED) is 0.424. The minimum absolute atomic E-state index is 0.0285. The summed E-state index contributed by atoms with van der Waals surface area (Å²) in [6, 6.07) is 8.64. The molecule has 0 heterocycles. The highest BCUT2D eigenvalue weighted by atomic mass is 32.2. The predicted octanol–water partition coefficient (Wildman–Crippen LogP) is 5.25. The summed E-state index contributed by atoms with van der Waals surface area (Å²) >= 11 is 1.53. The van der Waals surface area contributed by atoms with Crippen LogP contribution >= 0.6 is 11.8 Å². The fourth-order valence-corrected chi connectivity index (χ4v) is 4.91. The largest absolute Gasteiger partial charge is 0.507 e. The molecule has 2 aromatic carbocycles. The lowest BCUT2D eigenvalue weighted by Gasteiger charge is -2.28. The molecule has 0 unspecified atom stereocenters. The molecule has 0 saturated heterocycles. The monoisotopic (exact) mass is 506 g/mol. The Labute approximate surface area is 208 Å². The van der Waals surface area contributed by atoms with Crippen molar-refractivity contribution < 1.29 is 18.3 Å². The first-order chi connectivity index (χ1) is 15.5. The van der Waals surface area contributed by atoms with Crippen molar-refractivity contribution in [2.45, 2.75) is 77.0 Å². The van der Waals surface area contributed by atoms with Gasteiger partial charge in [0, 0.05) is 5.69 Å². The van der Waals surface area contributed by atoms with E-state index in [4.69, 9.17) is 5.14 Å². The molecule has 0 spiro atoms. The number of amides is 1. The third kappa shape index (κ3) is 7.75. The van der Waals surface area contributed by atoms with Gasteiger partial charge >= 0.3 is 0 Å². The van der Waals surface area contributed by atoms with Gasteiger partial charge in [0.05, 0.1) is 10.6 Å². The van der Waals surface area contributed by atoms with Gasteiger partial charge in [-0.2, -0.15) is 11.8 Å². The molecule has 0 radical (unpaired) electrons. The van der Waals surface area contributed by atoms with Gasteiger partial charge < -0.3 is 10.4 Å². The number of benzene rings is 2. The minimum Gasteiger partial charge on any atom is -0.507 e. The highest BCUT2D eigenvalue weighted by Crippen LogP contribution is 2.40. The molecule has 1 amide bonds. The van der Waals surface area contributed by atoms with Crippen molar-refractivity contribution in [3.63, 3.8) is 0 Å². The van der Waals surface area contributed by atoms with Gasteiger partial charge in [-0.05, 0) is 70.7 Å². The lowest BCUT2D eigenvalue weighted by molar-refractivity contribution is -0.113. The van der Waals surface area contributed by atoms with Crippen LogP contribution in [-0.2, 0) is 32.1 Å². The second kappa shape index (κ2) is 10.7. The number of hydrogen-bond acceptors (Lipinski definition) is 5. The lowest BCUT2D eigenvalue weighted by atomic mass is 9.78. The van der Waals surface area contributed by atoms with E-state index < -0.39 is 10.0 Å². The molecule has 0 aliphatic rings. The van der Waals surface area contributed by atoms with Crippen molar-refractivity contribution in [2.24, 2.45) is 5.14 Å². The molecule has 0 aromatic heterocycles. The number of carbonyl (C=O) groups is 1. The third-order valence-corrected chi connectivity index (χ3v) is 7.54. The van der Waals surface area contributed by atoms with Crippen molar-refractivity contribution in [1.82, 2.24) is 0 Å². The number of nitrogens with two attached hydrogens (primary N) is 1. The Kier molecular flexibility index (Phi) is 8.88. The molecule has 0 saturated carbocycles. The Morgan fingerprint density at radius 2 is 1.59 bits per heavy atom. The lowest BCUT2D eigenvalue weighted by Crippen LogP contribution is -2.18. The van der Waals surface area contributed by atoms with Crippen LogP contribution < -0.4 is 10.5 Å². The molecular weight excluding hydrogens is 468 g/mol. The van der Waals surface area contributed by atoms with Crippen LogP contribution in [0.1, 0.15) is 70.2 Å². The number of phenols is 1. The van der Waals surface area contributed by atoms with E-state index in [1.807, 2.05) is 0 Å². The van der Waals surface area contributed by atoms with Crippen LogP contribution in [0, 0.1) is 6.92 Å². The van der Waals surface area contributed by atoms with Gasteiger partial charge in [-0.15, -0.1) is 0 Å². The number of aryl methyl sites for hydroxylation is 2. The maximum Gasteiger partial charge on any atom is 0.238 e. The number of rotatable bonds is 8. The summed E-state index contributed by atoms with van der Waals surface area (Å²) in [5, 5.41) is 18.8. The fraction of sp³-hybridized carbons (Fsp3) is 0.500. The van der Waals surface area contributed by atoms with Crippen molar-refractivity contribution >= 4 is 33.4 Å². The number of nitrogens with one attached hydrogen (secondary N) is 1. The number of hydrogen-bond donors (Lipinski definition) is 3. The van der Waals surface area contributed by atoms with E-state index in [-0.39, 0.29) is 27.4 Å². The van der Waals surface area contributed by atoms with Crippen LogP contribution in [-0.4, -0.2) is 30.9 Å². The number of anilines is 1. The van der Waals surface area contributed by atoms with Gasteiger partial charge in [0.1, 0.15) is 5.75 Å². The van der Waals surface area contributed by atoms with Crippen molar-refractivity contribution in [2.75, 3.05) is 16.8 Å². The molecule has 6 nitrogen and oxygen atoms in total. The Hall–Kier alpha value is -2.03. The smallest absolute Gasteiger partial charge is 0.238 e. The van der Waals surface area contributed by atoms with Gasteiger partial charge in [0.15, 0.2) is 0 Å². The van der Waals surface area contributed by atoms with E-state index in [9.17, 15) is 18.3 Å². The molecule has 0 aliphatic heterocycles. The van der Waals surface area contributed by atoms with Crippen LogP contribution in [0.15, 0.2) is 35.2 Å². The zero-order chi connectivity index (χ0) is 25.9. The number of primary sulfonamides is 1. The highest BCUT2D eigenvalue weighted by Gasteiger charge is 2.26. The molecule has 0 fully saturated rings. The summed E-state index contributed by atoms with van der Waals surface area (Å²) in [5.41, 5.74) is 4.00. The second-order valence-electron chi connectivity index (χ2n) is 10.8. The van der Waals surface area contributed by atoms with Crippen LogP contribution in [0.2, 0.25) is 0 Å². The molecule has 0 aliphatic carbocycles. The van der Waals surface area contributed by atoms with E-state index >= 15 is 0 Å². The maximum atomic E-state index is 12.4. The van der Waals surface area contributed by atoms with Gasteiger partial charge in [-0.3, -0.25) is 4.79 Å². The van der Waals surface area contributed by atoms with Crippen LogP contribution in [0.5, 0.6) is 5.75 Å². The Bertz CT molecular complexity index is 1110. The van der Waals surface area contributed by atoms with E-state index in [1.165, 1.54) is 29.5 Å². The Morgan fingerprint density at radius 3 is 2.09 bits per heavy atom. The van der Waals surface area contributed by atoms with E-state index in [2.05, 4.69) is 59.0 Å². The van der Waals surface area contributed by atoms with Crippen LogP contribution in [0.4, 0.5) is 5.69 Å². The predicted molar refractivity (Wildman–Crippen MR) is 142 cm³/mol. The van der Waals surface area contributed by atoms with E-state index in [0.717, 1.165) is 35.3 Å². The van der Waals surface area contributed by atoms with Crippen LogP contribution in [0.25, 0.3) is 0 Å². The topological polar surface area (TPSA) is 109 Å². The van der Waals surface area contributed by atoms with Crippen molar-refractivity contribution in [1.29, 1.82) is 0 Å². The molecule has 0 atom stereocenters. The SMILES string of the molecule is Cc1ccc(S(N)(=O)=O)cc1NC(=O)CSCCCc1cc(C(C)(C)C)c(O)c(C(C)(C)C)c1. The summed E-state index contributed by atoms with van der Waals surface area (Å²) in [4.78, 5) is 12.3. The number of carbonyl (C=O) groups excluding carboxylic acids is 1. The maximum absolute atomic E-state index is 12.4. The summed E-state index contributed by atoms with van der Waals surface area (Å²) in [6.45, 7) is 14.4.